The fourth-order valence-electron chi connectivity index (χ4n) is 0.774. The summed E-state index contributed by atoms with van der Waals surface area (Å²) in [5.41, 5.74) is 0.739. The fraction of sp³-hybridized carbons (Fsp3) is 0.125. The molecule has 1 aromatic rings. The molecule has 0 heterocycles. The summed E-state index contributed by atoms with van der Waals surface area (Å²) in [7, 11) is 0. The topological polar surface area (TPSA) is 32.6 Å². The molecule has 0 spiro atoms. The molecule has 11 heavy (non-hydrogen) atoms. The lowest BCUT2D eigenvalue weighted by Gasteiger charge is -1.93. The second kappa shape index (κ2) is 3.71. The minimum absolute atomic E-state index is 0.290. The molecule has 0 aliphatic rings. The maximum absolute atomic E-state index is 12.5. The van der Waals surface area contributed by atoms with Crippen molar-refractivity contribution in [2.45, 2.75) is 6.42 Å². The zero-order chi connectivity index (χ0) is 8.10. The third-order valence-electron chi connectivity index (χ3n) is 1.24. The van der Waals surface area contributed by atoms with Crippen molar-refractivity contribution >= 4 is 6.21 Å². The first kappa shape index (κ1) is 7.72. The smallest absolute Gasteiger partial charge is 0.123 e. The molecule has 0 aromatic heterocycles. The van der Waals surface area contributed by atoms with E-state index in [4.69, 9.17) is 5.21 Å². The molecule has 0 saturated carbocycles. The molecule has 0 unspecified atom stereocenters. The molecule has 0 aliphatic heterocycles. The molecule has 0 atom stereocenters. The molecule has 1 rings (SSSR count). The van der Waals surface area contributed by atoms with Crippen molar-refractivity contribution in [1.29, 1.82) is 0 Å². The van der Waals surface area contributed by atoms with Gasteiger partial charge >= 0.3 is 0 Å². The molecule has 1 radical (unpaired) electrons. The van der Waals surface area contributed by atoms with E-state index in [1.54, 1.807) is 12.1 Å². The zero-order valence-corrected chi connectivity index (χ0v) is 5.79. The van der Waals surface area contributed by atoms with Crippen molar-refractivity contribution in [3.05, 3.63) is 35.6 Å². The van der Waals surface area contributed by atoms with Gasteiger partial charge in [0.2, 0.25) is 0 Å². The number of nitrogens with zero attached hydrogens (tertiary/aromatic N) is 1. The molecule has 1 aromatic carbocycles. The van der Waals surface area contributed by atoms with Gasteiger partial charge in [-0.3, -0.25) is 0 Å². The summed E-state index contributed by atoms with van der Waals surface area (Å²) in [4.78, 5) is 0. The maximum Gasteiger partial charge on any atom is 0.123 e. The lowest BCUT2D eigenvalue weighted by atomic mass is 10.2. The minimum atomic E-state index is -0.290. The van der Waals surface area contributed by atoms with E-state index >= 15 is 0 Å². The summed E-state index contributed by atoms with van der Waals surface area (Å²) in [6.07, 6.45) is 2.63. The van der Waals surface area contributed by atoms with Gasteiger partial charge < -0.3 is 5.21 Å². The lowest BCUT2D eigenvalue weighted by Crippen LogP contribution is -1.86. The van der Waals surface area contributed by atoms with E-state index in [1.165, 1.54) is 12.1 Å². The summed E-state index contributed by atoms with van der Waals surface area (Å²) in [6, 6.07) is 6.07. The van der Waals surface area contributed by atoms with Gasteiger partial charge in [-0.05, 0) is 17.7 Å². The zero-order valence-electron chi connectivity index (χ0n) is 5.79. The van der Waals surface area contributed by atoms with E-state index in [9.17, 15) is 4.39 Å². The van der Waals surface area contributed by atoms with Gasteiger partial charge in [-0.1, -0.05) is 17.3 Å². The number of hydrogen-bond donors (Lipinski definition) is 1. The highest BCUT2D eigenvalue weighted by Gasteiger charge is 1.92. The molecule has 0 bridgehead atoms. The van der Waals surface area contributed by atoms with Crippen LogP contribution in [0.2, 0.25) is 0 Å². The van der Waals surface area contributed by atoms with Crippen molar-refractivity contribution in [2.75, 3.05) is 0 Å². The highest BCUT2D eigenvalue weighted by molar-refractivity contribution is 5.60. The summed E-state index contributed by atoms with van der Waals surface area (Å²) in [6.45, 7) is 0. The van der Waals surface area contributed by atoms with Crippen LogP contribution in [0.5, 0.6) is 0 Å². The largest absolute Gasteiger partial charge is 0.411 e. The Morgan fingerprint density at radius 2 is 2.36 bits per heavy atom. The van der Waals surface area contributed by atoms with E-state index < -0.39 is 0 Å². The van der Waals surface area contributed by atoms with Crippen molar-refractivity contribution in [3.8, 4) is 0 Å². The van der Waals surface area contributed by atoms with Gasteiger partial charge in [-0.2, -0.15) is 0 Å². The highest BCUT2D eigenvalue weighted by Crippen LogP contribution is 2.02. The van der Waals surface area contributed by atoms with Crippen LogP contribution < -0.4 is 0 Å². The van der Waals surface area contributed by atoms with Gasteiger partial charge in [-0.25, -0.2) is 4.39 Å². The van der Waals surface area contributed by atoms with Gasteiger partial charge in [0.25, 0.3) is 0 Å². The van der Waals surface area contributed by atoms with Gasteiger partial charge in [0.1, 0.15) is 12.0 Å². The number of rotatable bonds is 2. The summed E-state index contributed by atoms with van der Waals surface area (Å²) in [5.74, 6) is -0.290. The second-order valence-electron chi connectivity index (χ2n) is 2.06. The molecule has 2 nitrogen and oxygen atoms in total. The Balaban J connectivity index is 2.71. The van der Waals surface area contributed by atoms with Crippen LogP contribution in [-0.2, 0) is 6.42 Å². The van der Waals surface area contributed by atoms with Gasteiger partial charge in [0.15, 0.2) is 0 Å². The average molecular weight is 152 g/mol. The van der Waals surface area contributed by atoms with E-state index in [0.29, 0.717) is 6.42 Å². The van der Waals surface area contributed by atoms with Crippen LogP contribution in [0.25, 0.3) is 0 Å². The number of hydrogen-bond acceptors (Lipinski definition) is 2. The number of halogens is 1. The third kappa shape index (κ3) is 2.37. The first-order valence-electron chi connectivity index (χ1n) is 3.14. The Hall–Kier alpha value is -1.38. The quantitative estimate of drug-likeness (QED) is 0.390. The van der Waals surface area contributed by atoms with Crippen LogP contribution in [0, 0.1) is 5.82 Å². The predicted molar refractivity (Wildman–Crippen MR) is 39.3 cm³/mol. The van der Waals surface area contributed by atoms with Crippen LogP contribution >= 0.6 is 0 Å². The maximum atomic E-state index is 12.5. The minimum Gasteiger partial charge on any atom is -0.411 e. The van der Waals surface area contributed by atoms with E-state index in [0.717, 1.165) is 5.56 Å². The molecule has 0 aliphatic carbocycles. The van der Waals surface area contributed by atoms with Crippen molar-refractivity contribution in [1.82, 2.24) is 0 Å². The van der Waals surface area contributed by atoms with E-state index in [2.05, 4.69) is 11.4 Å². The summed E-state index contributed by atoms with van der Waals surface area (Å²) in [5, 5.41) is 10.7. The third-order valence-corrected chi connectivity index (χ3v) is 1.24. The molecule has 0 fully saturated rings. The van der Waals surface area contributed by atoms with Crippen LogP contribution in [0.15, 0.2) is 29.4 Å². The number of benzene rings is 1. The molecule has 0 saturated heterocycles. The Labute approximate surface area is 64.0 Å². The normalized spacial score (nSPS) is 10.6. The molecular weight excluding hydrogens is 145 g/mol. The Kier molecular flexibility index (Phi) is 2.60. The molecule has 57 valence electrons. The van der Waals surface area contributed by atoms with Crippen LogP contribution in [0.3, 0.4) is 0 Å². The standard InChI is InChI=1S/C8H7FNO/c9-8-3-1-2-7(6-8)4-5-10-11/h1-3,6,11H,4H2. The highest BCUT2D eigenvalue weighted by atomic mass is 19.1. The SMILES string of the molecule is ON=[C]Cc1cccc(F)c1. The molecule has 3 heteroatoms. The van der Waals surface area contributed by atoms with Crippen molar-refractivity contribution < 1.29 is 9.60 Å². The van der Waals surface area contributed by atoms with Crippen LogP contribution in [-0.4, -0.2) is 11.4 Å². The average Bonchev–Trinajstić information content (AvgIpc) is 2.01. The Morgan fingerprint density at radius 1 is 1.55 bits per heavy atom. The Morgan fingerprint density at radius 3 is 3.00 bits per heavy atom. The van der Waals surface area contributed by atoms with Gasteiger partial charge in [-0.15, -0.1) is 0 Å². The Bertz CT molecular complexity index is 260. The van der Waals surface area contributed by atoms with E-state index in [-0.39, 0.29) is 5.82 Å². The second-order valence-corrected chi connectivity index (χ2v) is 2.06. The van der Waals surface area contributed by atoms with Crippen molar-refractivity contribution in [2.24, 2.45) is 5.16 Å². The van der Waals surface area contributed by atoms with Gasteiger partial charge in [0.05, 0.1) is 0 Å². The summed E-state index contributed by atoms with van der Waals surface area (Å²) < 4.78 is 12.5. The van der Waals surface area contributed by atoms with Gasteiger partial charge in [0, 0.05) is 6.42 Å². The van der Waals surface area contributed by atoms with Crippen LogP contribution in [0.4, 0.5) is 4.39 Å². The van der Waals surface area contributed by atoms with Crippen LogP contribution in [0.1, 0.15) is 5.56 Å². The molecule has 0 amide bonds. The summed E-state index contributed by atoms with van der Waals surface area (Å²) >= 11 is 0. The predicted octanol–water partition coefficient (Wildman–Crippen LogP) is 1.71. The first-order chi connectivity index (χ1) is 5.33. The fourth-order valence-corrected chi connectivity index (χ4v) is 0.774. The first-order valence-corrected chi connectivity index (χ1v) is 3.14. The monoisotopic (exact) mass is 152 g/mol. The molecular formula is C8H7FNO. The van der Waals surface area contributed by atoms with Crippen molar-refractivity contribution in [3.63, 3.8) is 0 Å². The lowest BCUT2D eigenvalue weighted by molar-refractivity contribution is 0.321. The molecule has 1 N–H and O–H groups in total. The van der Waals surface area contributed by atoms with E-state index in [1.807, 2.05) is 0 Å².